The van der Waals surface area contributed by atoms with Crippen LogP contribution in [0.3, 0.4) is 0 Å². The van der Waals surface area contributed by atoms with E-state index in [9.17, 15) is 4.79 Å². The van der Waals surface area contributed by atoms with Gasteiger partial charge in [-0.3, -0.25) is 9.78 Å². The van der Waals surface area contributed by atoms with E-state index in [0.717, 1.165) is 23.9 Å². The fourth-order valence-electron chi connectivity index (χ4n) is 1.95. The van der Waals surface area contributed by atoms with Gasteiger partial charge in [0, 0.05) is 26.3 Å². The molecule has 2 heterocycles. The fraction of sp³-hybridized carbons (Fsp3) is 0.429. The maximum atomic E-state index is 12.0. The molecule has 2 aromatic rings. The van der Waals surface area contributed by atoms with Crippen molar-refractivity contribution in [1.82, 2.24) is 24.6 Å². The smallest absolute Gasteiger partial charge is 0.233 e. The fourth-order valence-corrected chi connectivity index (χ4v) is 2.77. The molecule has 0 aliphatic rings. The van der Waals surface area contributed by atoms with Gasteiger partial charge in [0.05, 0.1) is 5.75 Å². The molecule has 0 N–H and O–H groups in total. The minimum Gasteiger partial charge on any atom is -0.343 e. The Morgan fingerprint density at radius 3 is 2.67 bits per heavy atom. The Bertz CT molecular complexity index is 595. The lowest BCUT2D eigenvalue weighted by atomic mass is 10.3. The molecule has 0 aliphatic heterocycles. The third kappa shape index (κ3) is 3.60. The second kappa shape index (κ2) is 7.21. The number of carbonyl (C=O) groups is 1. The minimum absolute atomic E-state index is 0.118. The highest BCUT2D eigenvalue weighted by Crippen LogP contribution is 2.21. The summed E-state index contributed by atoms with van der Waals surface area (Å²) in [5.74, 6) is 1.19. The highest BCUT2D eigenvalue weighted by molar-refractivity contribution is 7.99. The number of hydrogen-bond donors (Lipinski definition) is 0. The number of amides is 1. The van der Waals surface area contributed by atoms with Gasteiger partial charge in [-0.1, -0.05) is 17.8 Å². The van der Waals surface area contributed by atoms with E-state index in [1.165, 1.54) is 11.8 Å². The van der Waals surface area contributed by atoms with Crippen LogP contribution in [0, 0.1) is 0 Å². The molecule has 0 fully saturated rings. The van der Waals surface area contributed by atoms with Crippen molar-refractivity contribution in [2.24, 2.45) is 7.05 Å². The summed E-state index contributed by atoms with van der Waals surface area (Å²) in [5.41, 5.74) is 0.773. The normalized spacial score (nSPS) is 10.6. The molecule has 0 saturated heterocycles. The van der Waals surface area contributed by atoms with Crippen LogP contribution in [-0.4, -0.2) is 49.4 Å². The molecule has 21 heavy (non-hydrogen) atoms. The molecule has 2 aromatic heterocycles. The maximum absolute atomic E-state index is 12.0. The monoisotopic (exact) mass is 305 g/mol. The third-order valence-electron chi connectivity index (χ3n) is 3.17. The molecule has 0 aliphatic carbocycles. The zero-order chi connectivity index (χ0) is 15.2. The van der Waals surface area contributed by atoms with E-state index >= 15 is 0 Å². The van der Waals surface area contributed by atoms with Crippen LogP contribution >= 0.6 is 11.8 Å². The molecule has 6 nitrogen and oxygen atoms in total. The van der Waals surface area contributed by atoms with E-state index < -0.39 is 0 Å². The van der Waals surface area contributed by atoms with Gasteiger partial charge in [0.15, 0.2) is 11.0 Å². The van der Waals surface area contributed by atoms with E-state index in [4.69, 9.17) is 0 Å². The topological polar surface area (TPSA) is 63.9 Å². The minimum atomic E-state index is 0.118. The molecule has 0 radical (unpaired) electrons. The quantitative estimate of drug-likeness (QED) is 0.762. The predicted molar refractivity (Wildman–Crippen MR) is 82.9 cm³/mol. The van der Waals surface area contributed by atoms with E-state index in [1.807, 2.05) is 48.6 Å². The Morgan fingerprint density at radius 1 is 1.29 bits per heavy atom. The summed E-state index contributed by atoms with van der Waals surface area (Å²) in [7, 11) is 1.88. The van der Waals surface area contributed by atoms with Gasteiger partial charge < -0.3 is 9.47 Å². The van der Waals surface area contributed by atoms with Gasteiger partial charge in [0.2, 0.25) is 5.91 Å². The van der Waals surface area contributed by atoms with Gasteiger partial charge >= 0.3 is 0 Å². The van der Waals surface area contributed by atoms with Crippen LogP contribution in [0.15, 0.2) is 29.6 Å². The lowest BCUT2D eigenvalue weighted by Gasteiger charge is -2.17. The van der Waals surface area contributed by atoms with E-state index in [-0.39, 0.29) is 5.91 Å². The number of aromatic nitrogens is 4. The number of pyridine rings is 1. The first kappa shape index (κ1) is 15.5. The summed E-state index contributed by atoms with van der Waals surface area (Å²) in [4.78, 5) is 18.1. The standard InChI is InChI=1S/C14H19N5OS/c1-4-19(5-2)12(20)10-21-14-17-16-13(18(14)3)11-8-6-7-9-15-11/h6-9H,4-5,10H2,1-3H3. The molecule has 0 saturated carbocycles. The molecule has 0 spiro atoms. The van der Waals surface area contributed by atoms with E-state index in [1.54, 1.807) is 6.20 Å². The van der Waals surface area contributed by atoms with Gasteiger partial charge in [-0.15, -0.1) is 10.2 Å². The summed E-state index contributed by atoms with van der Waals surface area (Å²) >= 11 is 1.40. The van der Waals surface area contributed by atoms with Gasteiger partial charge in [-0.25, -0.2) is 0 Å². The molecule has 112 valence electrons. The lowest BCUT2D eigenvalue weighted by Crippen LogP contribution is -2.31. The second-order valence-electron chi connectivity index (χ2n) is 4.43. The molecule has 1 amide bonds. The summed E-state index contributed by atoms with van der Waals surface area (Å²) in [6.45, 7) is 5.42. The molecule has 0 unspecified atom stereocenters. The van der Waals surface area contributed by atoms with Crippen LogP contribution in [0.4, 0.5) is 0 Å². The molecule has 0 aromatic carbocycles. The number of hydrogen-bond acceptors (Lipinski definition) is 5. The number of carbonyl (C=O) groups excluding carboxylic acids is 1. The molecule has 2 rings (SSSR count). The van der Waals surface area contributed by atoms with Crippen LogP contribution in [0.1, 0.15) is 13.8 Å². The number of thioether (sulfide) groups is 1. The zero-order valence-corrected chi connectivity index (χ0v) is 13.3. The first-order valence-corrected chi connectivity index (χ1v) is 7.87. The van der Waals surface area contributed by atoms with Crippen molar-refractivity contribution in [1.29, 1.82) is 0 Å². The highest BCUT2D eigenvalue weighted by atomic mass is 32.2. The van der Waals surface area contributed by atoms with Crippen molar-refractivity contribution >= 4 is 17.7 Å². The first-order chi connectivity index (χ1) is 10.2. The van der Waals surface area contributed by atoms with Crippen LogP contribution in [0.2, 0.25) is 0 Å². The van der Waals surface area contributed by atoms with Crippen molar-refractivity contribution in [3.8, 4) is 11.5 Å². The molecule has 7 heteroatoms. The first-order valence-electron chi connectivity index (χ1n) is 6.88. The van der Waals surface area contributed by atoms with Gasteiger partial charge in [0.25, 0.3) is 0 Å². The summed E-state index contributed by atoms with van der Waals surface area (Å²) in [6.07, 6.45) is 1.72. The Kier molecular flexibility index (Phi) is 5.32. The van der Waals surface area contributed by atoms with Crippen molar-refractivity contribution in [3.05, 3.63) is 24.4 Å². The zero-order valence-electron chi connectivity index (χ0n) is 12.5. The van der Waals surface area contributed by atoms with Crippen LogP contribution in [0.25, 0.3) is 11.5 Å². The SMILES string of the molecule is CCN(CC)C(=O)CSc1nnc(-c2ccccn2)n1C. The Hall–Kier alpha value is -1.89. The molecule has 0 atom stereocenters. The highest BCUT2D eigenvalue weighted by Gasteiger charge is 2.15. The Labute approximate surface area is 128 Å². The third-order valence-corrected chi connectivity index (χ3v) is 4.17. The van der Waals surface area contributed by atoms with Crippen molar-refractivity contribution in [2.45, 2.75) is 19.0 Å². The summed E-state index contributed by atoms with van der Waals surface area (Å²) < 4.78 is 1.86. The second-order valence-corrected chi connectivity index (χ2v) is 5.38. The predicted octanol–water partition coefficient (Wildman–Crippen LogP) is 1.84. The Balaban J connectivity index is 2.06. The van der Waals surface area contributed by atoms with Crippen molar-refractivity contribution < 1.29 is 4.79 Å². The molecule has 0 bridgehead atoms. The van der Waals surface area contributed by atoms with E-state index in [0.29, 0.717) is 11.6 Å². The lowest BCUT2D eigenvalue weighted by molar-refractivity contribution is -0.127. The van der Waals surface area contributed by atoms with Gasteiger partial charge in [-0.2, -0.15) is 0 Å². The number of nitrogens with zero attached hydrogens (tertiary/aromatic N) is 5. The van der Waals surface area contributed by atoms with Crippen molar-refractivity contribution in [3.63, 3.8) is 0 Å². The summed E-state index contributed by atoms with van der Waals surface area (Å²) in [5, 5.41) is 9.01. The van der Waals surface area contributed by atoms with Crippen LogP contribution in [-0.2, 0) is 11.8 Å². The molecular weight excluding hydrogens is 286 g/mol. The van der Waals surface area contributed by atoms with Gasteiger partial charge in [0.1, 0.15) is 5.69 Å². The Morgan fingerprint density at radius 2 is 2.05 bits per heavy atom. The van der Waals surface area contributed by atoms with Crippen LogP contribution < -0.4 is 0 Å². The summed E-state index contributed by atoms with van der Waals surface area (Å²) in [6, 6.07) is 5.66. The largest absolute Gasteiger partial charge is 0.343 e. The molecular formula is C14H19N5OS. The average molecular weight is 305 g/mol. The maximum Gasteiger partial charge on any atom is 0.233 e. The average Bonchev–Trinajstić information content (AvgIpc) is 2.88. The van der Waals surface area contributed by atoms with E-state index in [2.05, 4.69) is 15.2 Å². The van der Waals surface area contributed by atoms with Crippen LogP contribution in [0.5, 0.6) is 0 Å². The number of rotatable bonds is 6. The van der Waals surface area contributed by atoms with Gasteiger partial charge in [-0.05, 0) is 26.0 Å². The van der Waals surface area contributed by atoms with Crippen molar-refractivity contribution in [2.75, 3.05) is 18.8 Å².